The monoisotopic (exact) mass is 259 g/mol. The summed E-state index contributed by atoms with van der Waals surface area (Å²) in [7, 11) is 3.67. The standard InChI is InChI=1S/C16H21NO2/c1-17-8-7-13-14(9-16(18)19-2)11-5-3-4-6-12(11)15(13)10-17/h3-6,13-15H,7-10H2,1-2H3/t13-,14?,15+/m1/s1. The van der Waals surface area contributed by atoms with Crippen molar-refractivity contribution in [2.45, 2.75) is 24.7 Å². The average molecular weight is 259 g/mol. The van der Waals surface area contributed by atoms with Crippen molar-refractivity contribution in [1.82, 2.24) is 4.90 Å². The van der Waals surface area contributed by atoms with Crippen molar-refractivity contribution in [3.8, 4) is 0 Å². The summed E-state index contributed by atoms with van der Waals surface area (Å²) in [5.41, 5.74) is 2.83. The van der Waals surface area contributed by atoms with Crippen LogP contribution < -0.4 is 0 Å². The first-order valence-corrected chi connectivity index (χ1v) is 7.05. The Morgan fingerprint density at radius 2 is 2.11 bits per heavy atom. The van der Waals surface area contributed by atoms with Crippen molar-refractivity contribution in [2.24, 2.45) is 5.92 Å². The van der Waals surface area contributed by atoms with Gasteiger partial charge in [0.2, 0.25) is 0 Å². The molecule has 0 N–H and O–H groups in total. The Labute approximate surface area is 114 Å². The van der Waals surface area contributed by atoms with E-state index in [1.807, 2.05) is 0 Å². The molecule has 0 aromatic heterocycles. The minimum Gasteiger partial charge on any atom is -0.469 e. The van der Waals surface area contributed by atoms with E-state index in [2.05, 4.69) is 36.2 Å². The van der Waals surface area contributed by atoms with E-state index in [1.165, 1.54) is 24.7 Å². The van der Waals surface area contributed by atoms with Crippen LogP contribution >= 0.6 is 0 Å². The number of hydrogen-bond donors (Lipinski definition) is 0. The Balaban J connectivity index is 1.93. The van der Waals surface area contributed by atoms with Gasteiger partial charge in [0.25, 0.3) is 0 Å². The van der Waals surface area contributed by atoms with E-state index < -0.39 is 0 Å². The number of benzene rings is 1. The van der Waals surface area contributed by atoms with Gasteiger partial charge in [-0.05, 0) is 43.0 Å². The van der Waals surface area contributed by atoms with E-state index in [4.69, 9.17) is 4.74 Å². The van der Waals surface area contributed by atoms with Gasteiger partial charge in [-0.3, -0.25) is 4.79 Å². The third-order valence-electron chi connectivity index (χ3n) is 4.80. The summed E-state index contributed by atoms with van der Waals surface area (Å²) < 4.78 is 4.88. The first-order valence-electron chi connectivity index (χ1n) is 7.05. The molecule has 0 saturated carbocycles. The Bertz CT molecular complexity index is 485. The minimum atomic E-state index is -0.0839. The molecule has 3 rings (SSSR count). The molecule has 1 fully saturated rings. The first-order chi connectivity index (χ1) is 9.20. The predicted molar refractivity (Wildman–Crippen MR) is 74.2 cm³/mol. The van der Waals surface area contributed by atoms with Gasteiger partial charge in [0.15, 0.2) is 0 Å². The van der Waals surface area contributed by atoms with Crippen LogP contribution in [0, 0.1) is 5.92 Å². The Hall–Kier alpha value is -1.35. The fourth-order valence-electron chi connectivity index (χ4n) is 3.88. The molecule has 0 amide bonds. The summed E-state index contributed by atoms with van der Waals surface area (Å²) in [4.78, 5) is 14.1. The smallest absolute Gasteiger partial charge is 0.306 e. The summed E-state index contributed by atoms with van der Waals surface area (Å²) in [5.74, 6) is 1.46. The molecule has 102 valence electrons. The van der Waals surface area contributed by atoms with Crippen molar-refractivity contribution in [3.63, 3.8) is 0 Å². The molecule has 3 atom stereocenters. The van der Waals surface area contributed by atoms with Crippen LogP contribution in [0.5, 0.6) is 0 Å². The lowest BCUT2D eigenvalue weighted by molar-refractivity contribution is -0.141. The van der Waals surface area contributed by atoms with Crippen LogP contribution in [0.1, 0.15) is 35.8 Å². The zero-order valence-electron chi connectivity index (χ0n) is 11.6. The van der Waals surface area contributed by atoms with Crippen LogP contribution in [0.2, 0.25) is 0 Å². The van der Waals surface area contributed by atoms with Gasteiger partial charge < -0.3 is 9.64 Å². The van der Waals surface area contributed by atoms with Gasteiger partial charge in [-0.1, -0.05) is 24.3 Å². The van der Waals surface area contributed by atoms with Crippen LogP contribution in [0.4, 0.5) is 0 Å². The van der Waals surface area contributed by atoms with Gasteiger partial charge in [-0.2, -0.15) is 0 Å². The molecule has 1 aliphatic heterocycles. The molecule has 3 heteroatoms. The second-order valence-electron chi connectivity index (χ2n) is 5.84. The highest BCUT2D eigenvalue weighted by molar-refractivity contribution is 5.71. The lowest BCUT2D eigenvalue weighted by Gasteiger charge is -2.35. The quantitative estimate of drug-likeness (QED) is 0.764. The number of nitrogens with zero attached hydrogens (tertiary/aromatic N) is 1. The predicted octanol–water partition coefficient (Wildman–Crippen LogP) is 2.38. The van der Waals surface area contributed by atoms with Crippen molar-refractivity contribution < 1.29 is 9.53 Å². The zero-order valence-corrected chi connectivity index (χ0v) is 11.6. The summed E-state index contributed by atoms with van der Waals surface area (Å²) in [6.45, 7) is 2.24. The number of esters is 1. The van der Waals surface area contributed by atoms with Gasteiger partial charge in [0.1, 0.15) is 0 Å². The maximum atomic E-state index is 11.7. The molecule has 0 bridgehead atoms. The molecule has 2 aliphatic rings. The first kappa shape index (κ1) is 12.7. The van der Waals surface area contributed by atoms with Gasteiger partial charge in [-0.15, -0.1) is 0 Å². The fourth-order valence-corrected chi connectivity index (χ4v) is 3.88. The minimum absolute atomic E-state index is 0.0839. The molecule has 0 radical (unpaired) electrons. The second kappa shape index (κ2) is 4.97. The molecule has 0 spiro atoms. The second-order valence-corrected chi connectivity index (χ2v) is 5.84. The van der Waals surface area contributed by atoms with E-state index in [0.717, 1.165) is 13.1 Å². The third-order valence-corrected chi connectivity index (χ3v) is 4.80. The van der Waals surface area contributed by atoms with Gasteiger partial charge in [0, 0.05) is 12.5 Å². The SMILES string of the molecule is COC(=O)CC1c2ccccc2[C@@H]2CN(C)CC[C@H]12. The molecular formula is C16H21NO2. The number of fused-ring (bicyclic) bond motifs is 3. The Kier molecular flexibility index (Phi) is 3.31. The highest BCUT2D eigenvalue weighted by atomic mass is 16.5. The molecule has 1 aromatic carbocycles. The third kappa shape index (κ3) is 2.16. The molecule has 1 unspecified atom stereocenters. The maximum Gasteiger partial charge on any atom is 0.306 e. The molecule has 19 heavy (non-hydrogen) atoms. The summed E-state index contributed by atoms with van der Waals surface area (Å²) in [5, 5.41) is 0. The van der Waals surface area contributed by atoms with Crippen molar-refractivity contribution >= 4 is 5.97 Å². The van der Waals surface area contributed by atoms with Crippen LogP contribution in [-0.4, -0.2) is 38.1 Å². The number of rotatable bonds is 2. The van der Waals surface area contributed by atoms with Gasteiger partial charge >= 0.3 is 5.97 Å². The summed E-state index contributed by atoms with van der Waals surface area (Å²) in [6, 6.07) is 8.64. The van der Waals surface area contributed by atoms with E-state index in [1.54, 1.807) is 0 Å². The highest BCUT2D eigenvalue weighted by Gasteiger charge is 2.43. The molecular weight excluding hydrogens is 238 g/mol. The van der Waals surface area contributed by atoms with E-state index in [0.29, 0.717) is 24.2 Å². The van der Waals surface area contributed by atoms with Crippen LogP contribution in [-0.2, 0) is 9.53 Å². The summed E-state index contributed by atoms with van der Waals surface area (Å²) >= 11 is 0. The number of methoxy groups -OCH3 is 1. The van der Waals surface area contributed by atoms with Crippen molar-refractivity contribution in [2.75, 3.05) is 27.2 Å². The molecule has 1 heterocycles. The lowest BCUT2D eigenvalue weighted by atomic mass is 9.80. The average Bonchev–Trinajstić information content (AvgIpc) is 2.73. The van der Waals surface area contributed by atoms with Crippen molar-refractivity contribution in [1.29, 1.82) is 0 Å². The maximum absolute atomic E-state index is 11.7. The van der Waals surface area contributed by atoms with Gasteiger partial charge in [-0.25, -0.2) is 0 Å². The fraction of sp³-hybridized carbons (Fsp3) is 0.562. The number of likely N-dealkylation sites (N-methyl/N-ethyl adjacent to an activating group) is 1. The van der Waals surface area contributed by atoms with E-state index in [9.17, 15) is 4.79 Å². The number of carbonyl (C=O) groups is 1. The number of piperidine rings is 1. The molecule has 1 aliphatic carbocycles. The molecule has 3 nitrogen and oxygen atoms in total. The Morgan fingerprint density at radius 3 is 2.84 bits per heavy atom. The van der Waals surface area contributed by atoms with Crippen LogP contribution in [0.15, 0.2) is 24.3 Å². The normalized spacial score (nSPS) is 29.7. The van der Waals surface area contributed by atoms with Crippen LogP contribution in [0.25, 0.3) is 0 Å². The van der Waals surface area contributed by atoms with Gasteiger partial charge in [0.05, 0.1) is 13.5 Å². The van der Waals surface area contributed by atoms with E-state index >= 15 is 0 Å². The Morgan fingerprint density at radius 1 is 1.37 bits per heavy atom. The largest absolute Gasteiger partial charge is 0.469 e. The topological polar surface area (TPSA) is 29.5 Å². The number of hydrogen-bond acceptors (Lipinski definition) is 3. The molecule has 1 saturated heterocycles. The zero-order chi connectivity index (χ0) is 13.4. The number of carbonyl (C=O) groups excluding carboxylic acids is 1. The lowest BCUT2D eigenvalue weighted by Crippen LogP contribution is -2.36. The summed E-state index contributed by atoms with van der Waals surface area (Å²) in [6.07, 6.45) is 1.70. The molecule has 1 aromatic rings. The van der Waals surface area contributed by atoms with E-state index in [-0.39, 0.29) is 5.97 Å². The number of likely N-dealkylation sites (tertiary alicyclic amines) is 1. The van der Waals surface area contributed by atoms with Crippen molar-refractivity contribution in [3.05, 3.63) is 35.4 Å². The number of ether oxygens (including phenoxy) is 1. The highest BCUT2D eigenvalue weighted by Crippen LogP contribution is 2.51. The van der Waals surface area contributed by atoms with Crippen LogP contribution in [0.3, 0.4) is 0 Å².